The number of carbonyl (C=O) groups excluding carboxylic acids is 4. The van der Waals surface area contributed by atoms with Crippen molar-refractivity contribution in [3.63, 3.8) is 0 Å². The molecule has 0 aromatic heterocycles. The second-order valence-corrected chi connectivity index (χ2v) is 9.56. The summed E-state index contributed by atoms with van der Waals surface area (Å²) < 4.78 is 0. The van der Waals surface area contributed by atoms with Crippen molar-refractivity contribution in [2.75, 3.05) is 6.54 Å². The minimum absolute atomic E-state index is 0.0505. The molecule has 1 saturated heterocycles. The number of aliphatic carboxylic acids is 1. The molecule has 0 radical (unpaired) electrons. The first-order chi connectivity index (χ1) is 18.7. The monoisotopic (exact) mass is 537 g/mol. The Bertz CT molecular complexity index is 1140. The van der Waals surface area contributed by atoms with Gasteiger partial charge in [-0.05, 0) is 36.9 Å². The van der Waals surface area contributed by atoms with Crippen molar-refractivity contribution in [1.82, 2.24) is 21.3 Å². The van der Waals surface area contributed by atoms with E-state index in [1.165, 1.54) is 0 Å². The van der Waals surface area contributed by atoms with Crippen LogP contribution in [0.3, 0.4) is 0 Å². The first kappa shape index (κ1) is 29.3. The van der Waals surface area contributed by atoms with Crippen LogP contribution in [-0.4, -0.2) is 65.4 Å². The molecule has 0 aliphatic carbocycles. The van der Waals surface area contributed by atoms with Gasteiger partial charge in [0, 0.05) is 19.3 Å². The van der Waals surface area contributed by atoms with Crippen LogP contribution >= 0.6 is 0 Å². The number of amides is 4. The summed E-state index contributed by atoms with van der Waals surface area (Å²) in [5.74, 6) is -3.59. The van der Waals surface area contributed by atoms with Gasteiger partial charge in [0.2, 0.25) is 23.6 Å². The highest BCUT2D eigenvalue weighted by atomic mass is 16.4. The van der Waals surface area contributed by atoms with Crippen molar-refractivity contribution < 1.29 is 29.1 Å². The molecule has 4 unspecified atom stereocenters. The molecule has 11 heteroatoms. The maximum absolute atomic E-state index is 13.3. The number of hydrogen-bond donors (Lipinski definition) is 6. The molecule has 1 fully saturated rings. The largest absolute Gasteiger partial charge is 0.480 e. The second kappa shape index (κ2) is 14.6. The molecule has 7 N–H and O–H groups in total. The highest BCUT2D eigenvalue weighted by Gasteiger charge is 2.32. The van der Waals surface area contributed by atoms with Crippen molar-refractivity contribution in [3.05, 3.63) is 71.8 Å². The molecule has 2 aromatic carbocycles. The topological polar surface area (TPSA) is 180 Å². The summed E-state index contributed by atoms with van der Waals surface area (Å²) in [4.78, 5) is 62.7. The van der Waals surface area contributed by atoms with Gasteiger partial charge < -0.3 is 32.1 Å². The lowest BCUT2D eigenvalue weighted by molar-refractivity contribution is -0.142. The van der Waals surface area contributed by atoms with E-state index in [9.17, 15) is 29.1 Å². The molecule has 0 bridgehead atoms. The van der Waals surface area contributed by atoms with Crippen molar-refractivity contribution in [2.45, 2.75) is 62.7 Å². The standard InChI is InChI=1S/C28H35N5O6/c29-24(34)14-13-21(31-25(35)20-12-7-15-30-20)26(36)32-22(16-18-8-3-1-4-9-18)27(37)33-23(28(38)39)17-19-10-5-2-6-11-19/h1-6,8-11,20-23,30H,7,12-17H2,(H2,29,34)(H,31,35)(H,32,36)(H,33,37)(H,38,39). The molecule has 1 aliphatic rings. The lowest BCUT2D eigenvalue weighted by Crippen LogP contribution is -2.57. The molecular formula is C28H35N5O6. The Morgan fingerprint density at radius 1 is 0.821 bits per heavy atom. The van der Waals surface area contributed by atoms with E-state index in [2.05, 4.69) is 21.3 Å². The van der Waals surface area contributed by atoms with Crippen molar-refractivity contribution in [3.8, 4) is 0 Å². The third-order valence-corrected chi connectivity index (χ3v) is 6.50. The van der Waals surface area contributed by atoms with Crippen LogP contribution in [0.2, 0.25) is 0 Å². The zero-order valence-corrected chi connectivity index (χ0v) is 21.6. The predicted molar refractivity (Wildman–Crippen MR) is 143 cm³/mol. The van der Waals surface area contributed by atoms with Gasteiger partial charge in [-0.2, -0.15) is 0 Å². The van der Waals surface area contributed by atoms with Crippen LogP contribution in [0.15, 0.2) is 60.7 Å². The van der Waals surface area contributed by atoms with Crippen molar-refractivity contribution in [2.24, 2.45) is 5.73 Å². The third-order valence-electron chi connectivity index (χ3n) is 6.50. The fourth-order valence-electron chi connectivity index (χ4n) is 4.39. The Kier molecular flexibility index (Phi) is 11.0. The summed E-state index contributed by atoms with van der Waals surface area (Å²) in [5, 5.41) is 20.7. The highest BCUT2D eigenvalue weighted by molar-refractivity contribution is 5.94. The number of carboxylic acid groups (broad SMARTS) is 1. The molecule has 0 spiro atoms. The van der Waals surface area contributed by atoms with Gasteiger partial charge in [0.1, 0.15) is 18.1 Å². The van der Waals surface area contributed by atoms with Crippen molar-refractivity contribution >= 4 is 29.6 Å². The number of hydrogen-bond acceptors (Lipinski definition) is 6. The maximum Gasteiger partial charge on any atom is 0.326 e. The van der Waals surface area contributed by atoms with E-state index >= 15 is 0 Å². The van der Waals surface area contributed by atoms with Crippen LogP contribution in [0, 0.1) is 0 Å². The number of primary amides is 1. The molecule has 1 heterocycles. The summed E-state index contributed by atoms with van der Waals surface area (Å²) in [5.41, 5.74) is 6.74. The first-order valence-electron chi connectivity index (χ1n) is 13.0. The molecule has 1 aliphatic heterocycles. The van der Waals surface area contributed by atoms with Gasteiger partial charge in [-0.1, -0.05) is 60.7 Å². The van der Waals surface area contributed by atoms with E-state index in [4.69, 9.17) is 5.73 Å². The average molecular weight is 538 g/mol. The third kappa shape index (κ3) is 9.53. The minimum atomic E-state index is -1.23. The van der Waals surface area contributed by atoms with Crippen LogP contribution in [0.4, 0.5) is 0 Å². The summed E-state index contributed by atoms with van der Waals surface area (Å²) in [6.07, 6.45) is 1.38. The van der Waals surface area contributed by atoms with Gasteiger partial charge in [-0.25, -0.2) is 4.79 Å². The molecule has 4 atom stereocenters. The molecule has 3 rings (SSSR count). The summed E-state index contributed by atoms with van der Waals surface area (Å²) in [7, 11) is 0. The Balaban J connectivity index is 1.77. The van der Waals surface area contributed by atoms with Gasteiger partial charge in [-0.15, -0.1) is 0 Å². The fraction of sp³-hybridized carbons (Fsp3) is 0.393. The fourth-order valence-corrected chi connectivity index (χ4v) is 4.39. The summed E-state index contributed by atoms with van der Waals surface area (Å²) in [6.45, 7) is 0.684. The van der Waals surface area contributed by atoms with Gasteiger partial charge >= 0.3 is 5.97 Å². The molecule has 0 saturated carbocycles. The number of nitrogens with one attached hydrogen (secondary N) is 4. The predicted octanol–water partition coefficient (Wildman–Crippen LogP) is 0.0283. The summed E-state index contributed by atoms with van der Waals surface area (Å²) in [6, 6.07) is 13.9. The molecule has 11 nitrogen and oxygen atoms in total. The van der Waals surface area contributed by atoms with Crippen LogP contribution < -0.4 is 27.0 Å². The number of benzene rings is 2. The molecule has 2 aromatic rings. The molecule has 208 valence electrons. The summed E-state index contributed by atoms with van der Waals surface area (Å²) >= 11 is 0. The first-order valence-corrected chi connectivity index (χ1v) is 13.0. The SMILES string of the molecule is NC(=O)CCC(NC(=O)C1CCCN1)C(=O)NC(Cc1ccccc1)C(=O)NC(Cc1ccccc1)C(=O)O. The molecule has 39 heavy (non-hydrogen) atoms. The normalized spacial score (nSPS) is 16.9. The zero-order chi connectivity index (χ0) is 28.2. The highest BCUT2D eigenvalue weighted by Crippen LogP contribution is 2.10. The van der Waals surface area contributed by atoms with Crippen LogP contribution in [0.25, 0.3) is 0 Å². The second-order valence-electron chi connectivity index (χ2n) is 9.56. The van der Waals surface area contributed by atoms with Gasteiger partial charge in [0.05, 0.1) is 6.04 Å². The van der Waals surface area contributed by atoms with E-state index in [1.54, 1.807) is 54.6 Å². The van der Waals surface area contributed by atoms with E-state index in [0.29, 0.717) is 13.0 Å². The number of carboxylic acids is 1. The number of rotatable bonds is 14. The molecule has 4 amide bonds. The number of carbonyl (C=O) groups is 5. The van der Waals surface area contributed by atoms with Crippen LogP contribution in [-0.2, 0) is 36.8 Å². The van der Waals surface area contributed by atoms with E-state index < -0.39 is 47.9 Å². The van der Waals surface area contributed by atoms with E-state index in [-0.39, 0.29) is 31.6 Å². The zero-order valence-electron chi connectivity index (χ0n) is 21.6. The smallest absolute Gasteiger partial charge is 0.326 e. The van der Waals surface area contributed by atoms with E-state index in [1.807, 2.05) is 6.07 Å². The quantitative estimate of drug-likeness (QED) is 0.197. The molecular weight excluding hydrogens is 502 g/mol. The lowest BCUT2D eigenvalue weighted by atomic mass is 10.0. The lowest BCUT2D eigenvalue weighted by Gasteiger charge is -2.25. The minimum Gasteiger partial charge on any atom is -0.480 e. The Morgan fingerprint density at radius 2 is 1.36 bits per heavy atom. The van der Waals surface area contributed by atoms with Gasteiger partial charge in [0.15, 0.2) is 0 Å². The van der Waals surface area contributed by atoms with E-state index in [0.717, 1.165) is 17.5 Å². The van der Waals surface area contributed by atoms with Crippen molar-refractivity contribution in [1.29, 1.82) is 0 Å². The average Bonchev–Trinajstić information content (AvgIpc) is 3.46. The Labute approximate surface area is 226 Å². The maximum atomic E-state index is 13.3. The Morgan fingerprint density at radius 3 is 1.87 bits per heavy atom. The van der Waals surface area contributed by atoms with Gasteiger partial charge in [0.25, 0.3) is 0 Å². The number of nitrogens with two attached hydrogens (primary N) is 1. The van der Waals surface area contributed by atoms with Crippen LogP contribution in [0.1, 0.15) is 36.8 Å². The van der Waals surface area contributed by atoms with Gasteiger partial charge in [-0.3, -0.25) is 19.2 Å². The Hall–Kier alpha value is -4.25. The van der Waals surface area contributed by atoms with Crippen LogP contribution in [0.5, 0.6) is 0 Å².